The van der Waals surface area contributed by atoms with Crippen molar-refractivity contribution in [3.8, 4) is 22.9 Å². The maximum Gasteiger partial charge on any atom is 0.251 e. The SMILES string of the molecule is COc1ccc(-c2nnn(CC(=O)N(CC(=O)NC3CCCCC3)c3ccccc3C)n2)cc1OC. The molecule has 2 amide bonds. The lowest BCUT2D eigenvalue weighted by Crippen LogP contribution is -2.46. The summed E-state index contributed by atoms with van der Waals surface area (Å²) in [4.78, 5) is 29.0. The topological polar surface area (TPSA) is 111 Å². The van der Waals surface area contributed by atoms with Crippen molar-refractivity contribution in [1.29, 1.82) is 0 Å². The molecule has 1 aliphatic rings. The van der Waals surface area contributed by atoms with Crippen LogP contribution in [0.3, 0.4) is 0 Å². The quantitative estimate of drug-likeness (QED) is 0.488. The van der Waals surface area contributed by atoms with Crippen LogP contribution in [0.1, 0.15) is 37.7 Å². The van der Waals surface area contributed by atoms with Gasteiger partial charge in [0, 0.05) is 17.3 Å². The van der Waals surface area contributed by atoms with Crippen LogP contribution in [0.15, 0.2) is 42.5 Å². The summed E-state index contributed by atoms with van der Waals surface area (Å²) in [6, 6.07) is 13.0. The highest BCUT2D eigenvalue weighted by Crippen LogP contribution is 2.30. The summed E-state index contributed by atoms with van der Waals surface area (Å²) in [5, 5.41) is 15.6. The summed E-state index contributed by atoms with van der Waals surface area (Å²) in [5.74, 6) is 0.998. The van der Waals surface area contributed by atoms with E-state index in [1.807, 2.05) is 31.2 Å². The first kappa shape index (κ1) is 25.2. The van der Waals surface area contributed by atoms with Crippen molar-refractivity contribution < 1.29 is 19.1 Å². The van der Waals surface area contributed by atoms with Crippen LogP contribution < -0.4 is 19.7 Å². The van der Waals surface area contributed by atoms with E-state index in [-0.39, 0.29) is 30.9 Å². The molecule has 1 N–H and O–H groups in total. The lowest BCUT2D eigenvalue weighted by atomic mass is 9.95. The van der Waals surface area contributed by atoms with Crippen LogP contribution in [0.2, 0.25) is 0 Å². The standard InChI is InChI=1S/C26H32N6O4/c1-18-9-7-8-12-21(18)31(16-24(33)27-20-10-5-4-6-11-20)25(34)17-32-29-26(28-30-32)19-13-14-22(35-2)23(15-19)36-3/h7-9,12-15,20H,4-6,10-11,16-17H2,1-3H3,(H,27,33). The Hall–Kier alpha value is -3.95. The van der Waals surface area contributed by atoms with E-state index in [2.05, 4.69) is 20.7 Å². The Bertz CT molecular complexity index is 1200. The van der Waals surface area contributed by atoms with E-state index < -0.39 is 0 Å². The number of aryl methyl sites for hydroxylation is 1. The highest BCUT2D eigenvalue weighted by atomic mass is 16.5. The number of para-hydroxylation sites is 1. The number of nitrogens with zero attached hydrogens (tertiary/aromatic N) is 5. The Balaban J connectivity index is 1.50. The Morgan fingerprint density at radius 1 is 1.06 bits per heavy atom. The van der Waals surface area contributed by atoms with Crippen molar-refractivity contribution >= 4 is 17.5 Å². The van der Waals surface area contributed by atoms with Crippen molar-refractivity contribution in [2.75, 3.05) is 25.7 Å². The van der Waals surface area contributed by atoms with Crippen LogP contribution in [0.25, 0.3) is 11.4 Å². The highest BCUT2D eigenvalue weighted by molar-refractivity contribution is 5.99. The van der Waals surface area contributed by atoms with E-state index in [0.717, 1.165) is 31.2 Å². The minimum absolute atomic E-state index is 0.0720. The van der Waals surface area contributed by atoms with E-state index in [0.29, 0.717) is 28.6 Å². The Kier molecular flexibility index (Phi) is 8.14. The van der Waals surface area contributed by atoms with Gasteiger partial charge in [-0.25, -0.2) is 0 Å². The number of amides is 2. The Morgan fingerprint density at radius 3 is 2.53 bits per heavy atom. The van der Waals surface area contributed by atoms with Crippen molar-refractivity contribution in [1.82, 2.24) is 25.5 Å². The molecule has 0 bridgehead atoms. The average Bonchev–Trinajstić information content (AvgIpc) is 3.36. The molecule has 0 radical (unpaired) electrons. The molecule has 0 saturated heterocycles. The number of hydrogen-bond acceptors (Lipinski definition) is 7. The van der Waals surface area contributed by atoms with E-state index in [1.54, 1.807) is 32.4 Å². The number of carbonyl (C=O) groups excluding carboxylic acids is 2. The molecule has 1 saturated carbocycles. The summed E-state index contributed by atoms with van der Waals surface area (Å²) in [6.07, 6.45) is 5.39. The molecular formula is C26H32N6O4. The summed E-state index contributed by atoms with van der Waals surface area (Å²) in [5.41, 5.74) is 2.25. The molecule has 36 heavy (non-hydrogen) atoms. The molecule has 1 aliphatic carbocycles. The number of aromatic nitrogens is 4. The Morgan fingerprint density at radius 2 is 1.81 bits per heavy atom. The van der Waals surface area contributed by atoms with Crippen molar-refractivity contribution in [2.24, 2.45) is 0 Å². The van der Waals surface area contributed by atoms with Crippen LogP contribution in [0.5, 0.6) is 11.5 Å². The Labute approximate surface area is 210 Å². The number of anilines is 1. The molecule has 3 aromatic rings. The van der Waals surface area contributed by atoms with Crippen LogP contribution in [-0.2, 0) is 16.1 Å². The molecule has 0 aliphatic heterocycles. The lowest BCUT2D eigenvalue weighted by Gasteiger charge is -2.27. The molecule has 4 rings (SSSR count). The number of carbonyl (C=O) groups is 2. The van der Waals surface area contributed by atoms with Crippen molar-refractivity contribution in [2.45, 2.75) is 51.6 Å². The van der Waals surface area contributed by atoms with Gasteiger partial charge in [0.1, 0.15) is 13.1 Å². The number of tetrazole rings is 1. The molecule has 0 unspecified atom stereocenters. The number of ether oxygens (including phenoxy) is 2. The van der Waals surface area contributed by atoms with Crippen LogP contribution in [-0.4, -0.2) is 58.8 Å². The molecule has 10 nitrogen and oxygen atoms in total. The fourth-order valence-electron chi connectivity index (χ4n) is 4.45. The largest absolute Gasteiger partial charge is 0.493 e. The zero-order valence-corrected chi connectivity index (χ0v) is 20.9. The zero-order chi connectivity index (χ0) is 25.5. The first-order valence-corrected chi connectivity index (χ1v) is 12.1. The molecular weight excluding hydrogens is 460 g/mol. The van der Waals surface area contributed by atoms with Gasteiger partial charge in [0.05, 0.1) is 14.2 Å². The zero-order valence-electron chi connectivity index (χ0n) is 20.9. The predicted molar refractivity (Wildman–Crippen MR) is 135 cm³/mol. The third-order valence-electron chi connectivity index (χ3n) is 6.35. The van der Waals surface area contributed by atoms with Gasteiger partial charge in [0.25, 0.3) is 5.91 Å². The molecule has 2 aromatic carbocycles. The molecule has 1 fully saturated rings. The van der Waals surface area contributed by atoms with Gasteiger partial charge in [-0.05, 0) is 54.8 Å². The van der Waals surface area contributed by atoms with Gasteiger partial charge in [0.2, 0.25) is 11.7 Å². The second-order valence-corrected chi connectivity index (χ2v) is 8.88. The fraction of sp³-hybridized carbons (Fsp3) is 0.423. The number of rotatable bonds is 9. The normalized spacial score (nSPS) is 13.8. The highest BCUT2D eigenvalue weighted by Gasteiger charge is 2.24. The summed E-state index contributed by atoms with van der Waals surface area (Å²) in [7, 11) is 3.11. The molecule has 0 spiro atoms. The van der Waals surface area contributed by atoms with Crippen molar-refractivity contribution in [3.05, 3.63) is 48.0 Å². The second kappa shape index (κ2) is 11.7. The molecule has 1 aromatic heterocycles. The van der Waals surface area contributed by atoms with Gasteiger partial charge in [-0.1, -0.05) is 37.5 Å². The van der Waals surface area contributed by atoms with Crippen LogP contribution >= 0.6 is 0 Å². The lowest BCUT2D eigenvalue weighted by molar-refractivity contribution is -0.124. The number of methoxy groups -OCH3 is 2. The van der Waals surface area contributed by atoms with E-state index >= 15 is 0 Å². The van der Waals surface area contributed by atoms with Gasteiger partial charge >= 0.3 is 0 Å². The second-order valence-electron chi connectivity index (χ2n) is 8.88. The maximum absolute atomic E-state index is 13.4. The van der Waals surface area contributed by atoms with Crippen LogP contribution in [0, 0.1) is 6.92 Å². The average molecular weight is 493 g/mol. The molecule has 10 heteroatoms. The van der Waals surface area contributed by atoms with E-state index in [1.165, 1.54) is 16.1 Å². The first-order chi connectivity index (χ1) is 17.5. The minimum atomic E-state index is -0.306. The van der Waals surface area contributed by atoms with Gasteiger partial charge in [-0.15, -0.1) is 10.2 Å². The molecule has 190 valence electrons. The smallest absolute Gasteiger partial charge is 0.251 e. The minimum Gasteiger partial charge on any atom is -0.493 e. The predicted octanol–water partition coefficient (Wildman–Crippen LogP) is 3.15. The molecule has 0 atom stereocenters. The van der Waals surface area contributed by atoms with Gasteiger partial charge in [-0.2, -0.15) is 4.80 Å². The van der Waals surface area contributed by atoms with Crippen molar-refractivity contribution in [3.63, 3.8) is 0 Å². The third kappa shape index (κ3) is 5.99. The van der Waals surface area contributed by atoms with E-state index in [4.69, 9.17) is 9.47 Å². The monoisotopic (exact) mass is 492 g/mol. The van der Waals surface area contributed by atoms with Gasteiger partial charge < -0.3 is 19.7 Å². The molecule has 1 heterocycles. The van der Waals surface area contributed by atoms with Gasteiger partial charge in [-0.3, -0.25) is 9.59 Å². The third-order valence-corrected chi connectivity index (χ3v) is 6.35. The first-order valence-electron chi connectivity index (χ1n) is 12.1. The maximum atomic E-state index is 13.4. The summed E-state index contributed by atoms with van der Waals surface area (Å²) >= 11 is 0. The number of benzene rings is 2. The fourth-order valence-corrected chi connectivity index (χ4v) is 4.45. The van der Waals surface area contributed by atoms with Crippen LogP contribution in [0.4, 0.5) is 5.69 Å². The van der Waals surface area contributed by atoms with E-state index in [9.17, 15) is 9.59 Å². The summed E-state index contributed by atoms with van der Waals surface area (Å²) in [6.45, 7) is 1.68. The number of nitrogens with one attached hydrogen (secondary N) is 1. The summed E-state index contributed by atoms with van der Waals surface area (Å²) < 4.78 is 10.6. The van der Waals surface area contributed by atoms with Gasteiger partial charge in [0.15, 0.2) is 11.5 Å². The number of hydrogen-bond donors (Lipinski definition) is 1.